The number of benzene rings is 1. The molecule has 0 radical (unpaired) electrons. The van der Waals surface area contributed by atoms with Crippen molar-refractivity contribution < 1.29 is 13.2 Å². The van der Waals surface area contributed by atoms with Gasteiger partial charge in [-0.25, -0.2) is 8.42 Å². The summed E-state index contributed by atoms with van der Waals surface area (Å²) >= 11 is 0. The third-order valence-electron chi connectivity index (χ3n) is 4.16. The van der Waals surface area contributed by atoms with Crippen LogP contribution >= 0.6 is 0 Å². The molecule has 1 fully saturated rings. The van der Waals surface area contributed by atoms with Gasteiger partial charge in [-0.2, -0.15) is 9.40 Å². The molecule has 0 unspecified atom stereocenters. The number of amides is 1. The van der Waals surface area contributed by atoms with Crippen molar-refractivity contribution in [1.82, 2.24) is 19.0 Å². The van der Waals surface area contributed by atoms with E-state index in [0.717, 1.165) is 6.26 Å². The molecule has 1 aromatic carbocycles. The number of hydrogen-bond donors (Lipinski definition) is 0. The monoisotopic (exact) mass is 350 g/mol. The second kappa shape index (κ2) is 5.99. The van der Waals surface area contributed by atoms with Crippen LogP contribution < -0.4 is 5.43 Å². The summed E-state index contributed by atoms with van der Waals surface area (Å²) in [6.45, 7) is 0.921. The van der Waals surface area contributed by atoms with Crippen LogP contribution in [0.15, 0.2) is 29.1 Å². The lowest BCUT2D eigenvalue weighted by Gasteiger charge is -2.32. The van der Waals surface area contributed by atoms with E-state index >= 15 is 0 Å². The Morgan fingerprint density at radius 1 is 1.12 bits per heavy atom. The number of carbonyl (C=O) groups is 1. The van der Waals surface area contributed by atoms with Crippen molar-refractivity contribution in [1.29, 1.82) is 0 Å². The number of hydrogen-bond acceptors (Lipinski definition) is 5. The van der Waals surface area contributed by atoms with Crippen molar-refractivity contribution >= 4 is 26.8 Å². The average Bonchev–Trinajstić information content (AvgIpc) is 2.57. The van der Waals surface area contributed by atoms with Gasteiger partial charge in [0, 0.05) is 38.6 Å². The van der Waals surface area contributed by atoms with Crippen molar-refractivity contribution in [2.45, 2.75) is 0 Å². The van der Waals surface area contributed by atoms with Gasteiger partial charge in [-0.05, 0) is 12.1 Å². The molecular weight excluding hydrogens is 332 g/mol. The fourth-order valence-corrected chi connectivity index (χ4v) is 3.66. The Balaban J connectivity index is 1.91. The normalized spacial score (nSPS) is 16.5. The van der Waals surface area contributed by atoms with Gasteiger partial charge >= 0.3 is 0 Å². The summed E-state index contributed by atoms with van der Waals surface area (Å²) in [5.41, 5.74) is 0.115. The second-order valence-corrected chi connectivity index (χ2v) is 7.76. The SMILES string of the molecule is Cn1nc(C(=O)N2CCN(S(C)(=O)=O)CC2)c(=O)c2ccccc21. The molecule has 24 heavy (non-hydrogen) atoms. The van der Waals surface area contributed by atoms with Crippen molar-refractivity contribution in [2.24, 2.45) is 7.05 Å². The Morgan fingerprint density at radius 2 is 1.75 bits per heavy atom. The quantitative estimate of drug-likeness (QED) is 0.738. The van der Waals surface area contributed by atoms with Crippen LogP contribution in [0.5, 0.6) is 0 Å². The van der Waals surface area contributed by atoms with Crippen LogP contribution in [0, 0.1) is 0 Å². The number of sulfonamides is 1. The van der Waals surface area contributed by atoms with Gasteiger partial charge < -0.3 is 4.90 Å². The molecule has 2 aromatic rings. The Labute approximate surface area is 139 Å². The van der Waals surface area contributed by atoms with Crippen LogP contribution in [-0.4, -0.2) is 65.7 Å². The molecule has 8 nitrogen and oxygen atoms in total. The molecule has 2 heterocycles. The predicted octanol–water partition coefficient (Wildman–Crippen LogP) is -0.349. The molecule has 0 aliphatic carbocycles. The van der Waals surface area contributed by atoms with Crippen LogP contribution in [0.4, 0.5) is 0 Å². The Kier molecular flexibility index (Phi) is 4.14. The van der Waals surface area contributed by atoms with Gasteiger partial charge in [0.25, 0.3) is 5.91 Å². The summed E-state index contributed by atoms with van der Waals surface area (Å²) in [6, 6.07) is 6.97. The number of aryl methyl sites for hydroxylation is 1. The van der Waals surface area contributed by atoms with E-state index in [1.54, 1.807) is 31.3 Å². The highest BCUT2D eigenvalue weighted by molar-refractivity contribution is 7.88. The van der Waals surface area contributed by atoms with Crippen molar-refractivity contribution in [2.75, 3.05) is 32.4 Å². The molecule has 128 valence electrons. The zero-order valence-corrected chi connectivity index (χ0v) is 14.3. The molecule has 1 aromatic heterocycles. The van der Waals surface area contributed by atoms with Crippen molar-refractivity contribution in [3.8, 4) is 0 Å². The summed E-state index contributed by atoms with van der Waals surface area (Å²) in [5, 5.41) is 4.56. The van der Waals surface area contributed by atoms with Crippen LogP contribution in [0.2, 0.25) is 0 Å². The lowest BCUT2D eigenvalue weighted by Crippen LogP contribution is -2.51. The van der Waals surface area contributed by atoms with Gasteiger partial charge in [0.05, 0.1) is 11.8 Å². The van der Waals surface area contributed by atoms with Crippen LogP contribution in [0.25, 0.3) is 10.9 Å². The van der Waals surface area contributed by atoms with E-state index in [1.807, 2.05) is 0 Å². The van der Waals surface area contributed by atoms with Gasteiger partial charge in [-0.15, -0.1) is 0 Å². The molecule has 0 spiro atoms. The van der Waals surface area contributed by atoms with Crippen LogP contribution in [0.1, 0.15) is 10.5 Å². The fourth-order valence-electron chi connectivity index (χ4n) is 2.84. The number of rotatable bonds is 2. The first-order valence-electron chi connectivity index (χ1n) is 7.49. The van der Waals surface area contributed by atoms with Crippen LogP contribution in [-0.2, 0) is 17.1 Å². The highest BCUT2D eigenvalue weighted by Crippen LogP contribution is 2.11. The maximum Gasteiger partial charge on any atom is 0.278 e. The zero-order valence-electron chi connectivity index (χ0n) is 13.5. The molecule has 0 N–H and O–H groups in total. The van der Waals surface area contributed by atoms with Gasteiger partial charge in [-0.1, -0.05) is 12.1 Å². The van der Waals surface area contributed by atoms with E-state index in [-0.39, 0.29) is 31.9 Å². The number of fused-ring (bicyclic) bond motifs is 1. The molecule has 9 heteroatoms. The first kappa shape index (κ1) is 16.6. The molecule has 1 aliphatic rings. The standard InChI is InChI=1S/C15H18N4O4S/c1-17-12-6-4-3-5-11(12)14(20)13(16-17)15(21)18-7-9-19(10-8-18)24(2,22)23/h3-6H,7-10H2,1-2H3. The number of para-hydroxylation sites is 1. The van der Waals surface area contributed by atoms with E-state index in [0.29, 0.717) is 10.9 Å². The minimum atomic E-state index is -3.27. The highest BCUT2D eigenvalue weighted by atomic mass is 32.2. The van der Waals surface area contributed by atoms with Crippen molar-refractivity contribution in [3.05, 3.63) is 40.2 Å². The molecule has 0 atom stereocenters. The Hall–Kier alpha value is -2.26. The third kappa shape index (κ3) is 2.92. The van der Waals surface area contributed by atoms with E-state index in [1.165, 1.54) is 13.9 Å². The fraction of sp³-hybridized carbons (Fsp3) is 0.400. The first-order chi connectivity index (χ1) is 11.3. The minimum absolute atomic E-state index is 0.135. The minimum Gasteiger partial charge on any atom is -0.334 e. The van der Waals surface area contributed by atoms with E-state index in [9.17, 15) is 18.0 Å². The Morgan fingerprint density at radius 3 is 2.38 bits per heavy atom. The summed E-state index contributed by atoms with van der Waals surface area (Å²) in [7, 11) is -1.59. The average molecular weight is 350 g/mol. The maximum atomic E-state index is 12.7. The summed E-state index contributed by atoms with van der Waals surface area (Å²) < 4.78 is 25.9. The molecule has 1 saturated heterocycles. The van der Waals surface area contributed by atoms with E-state index in [4.69, 9.17) is 0 Å². The van der Waals surface area contributed by atoms with Gasteiger partial charge in [0.2, 0.25) is 15.5 Å². The van der Waals surface area contributed by atoms with Gasteiger partial charge in [-0.3, -0.25) is 14.3 Å². The Bertz CT molecular complexity index is 959. The lowest BCUT2D eigenvalue weighted by atomic mass is 10.2. The smallest absolute Gasteiger partial charge is 0.278 e. The number of carbonyl (C=O) groups excluding carboxylic acids is 1. The van der Waals surface area contributed by atoms with E-state index < -0.39 is 21.4 Å². The topological polar surface area (TPSA) is 92.6 Å². The molecule has 0 bridgehead atoms. The highest BCUT2D eigenvalue weighted by Gasteiger charge is 2.29. The zero-order chi connectivity index (χ0) is 17.5. The molecule has 0 saturated carbocycles. The lowest BCUT2D eigenvalue weighted by molar-refractivity contribution is 0.0689. The second-order valence-electron chi connectivity index (χ2n) is 5.77. The van der Waals surface area contributed by atoms with E-state index in [2.05, 4.69) is 5.10 Å². The number of aromatic nitrogens is 2. The maximum absolute atomic E-state index is 12.7. The number of nitrogens with zero attached hydrogens (tertiary/aromatic N) is 4. The largest absolute Gasteiger partial charge is 0.334 e. The molecule has 1 amide bonds. The summed E-state index contributed by atoms with van der Waals surface area (Å²) in [6.07, 6.45) is 1.14. The van der Waals surface area contributed by atoms with Crippen molar-refractivity contribution in [3.63, 3.8) is 0 Å². The first-order valence-corrected chi connectivity index (χ1v) is 9.34. The molecule has 3 rings (SSSR count). The third-order valence-corrected chi connectivity index (χ3v) is 5.46. The number of piperazine rings is 1. The van der Waals surface area contributed by atoms with Gasteiger partial charge in [0.1, 0.15) is 0 Å². The summed E-state index contributed by atoms with van der Waals surface area (Å²) in [4.78, 5) is 26.7. The van der Waals surface area contributed by atoms with Gasteiger partial charge in [0.15, 0.2) is 5.69 Å². The van der Waals surface area contributed by atoms with Crippen LogP contribution in [0.3, 0.4) is 0 Å². The molecular formula is C15H18N4O4S. The molecule has 1 aliphatic heterocycles. The predicted molar refractivity (Wildman–Crippen MR) is 89.3 cm³/mol. The summed E-state index contributed by atoms with van der Waals surface area (Å²) in [5.74, 6) is -0.463.